The van der Waals surface area contributed by atoms with E-state index < -0.39 is 0 Å². The Bertz CT molecular complexity index is 1190. The van der Waals surface area contributed by atoms with Gasteiger partial charge < -0.3 is 10.1 Å². The van der Waals surface area contributed by atoms with Crippen LogP contribution in [0.3, 0.4) is 0 Å². The summed E-state index contributed by atoms with van der Waals surface area (Å²) in [5.41, 5.74) is 2.01. The van der Waals surface area contributed by atoms with Crippen LogP contribution >= 0.6 is 47.4 Å². The molecule has 168 valence electrons. The summed E-state index contributed by atoms with van der Waals surface area (Å²) in [6, 6.07) is 17.8. The van der Waals surface area contributed by atoms with Crippen molar-refractivity contribution in [2.24, 2.45) is 7.05 Å². The Morgan fingerprint density at radius 2 is 1.94 bits per heavy atom. The van der Waals surface area contributed by atoms with Gasteiger partial charge in [0.1, 0.15) is 12.4 Å². The van der Waals surface area contributed by atoms with Gasteiger partial charge in [0.2, 0.25) is 5.16 Å². The zero-order valence-electron chi connectivity index (χ0n) is 17.3. The lowest BCUT2D eigenvalue weighted by atomic mass is 10.0. The molecule has 0 aliphatic heterocycles. The molecule has 4 rings (SSSR count). The van der Waals surface area contributed by atoms with Gasteiger partial charge in [0.05, 0.1) is 0 Å². The maximum Gasteiger partial charge on any atom is 0.209 e. The average molecular weight is 511 g/mol. The standard InChI is InChI=1S/C22H21Cl2N5OS.ClH/c1-29-22(26-27-28-29)31-11-10-25-13-19-18-5-3-2-4-15(18)7-9-21(19)30-14-16-6-8-17(23)12-20(16)24;/h2-9,12,25H,10-11,13-14H2,1H3;1H. The van der Waals surface area contributed by atoms with Gasteiger partial charge in [-0.1, -0.05) is 71.4 Å². The molecule has 0 saturated carbocycles. The lowest BCUT2D eigenvalue weighted by molar-refractivity contribution is 0.303. The third-order valence-electron chi connectivity index (χ3n) is 4.79. The van der Waals surface area contributed by atoms with Crippen molar-refractivity contribution < 1.29 is 4.74 Å². The van der Waals surface area contributed by atoms with Crippen molar-refractivity contribution >= 4 is 58.1 Å². The maximum absolute atomic E-state index is 6.31. The normalized spacial score (nSPS) is 10.8. The number of ether oxygens (including phenoxy) is 1. The molecule has 0 aliphatic carbocycles. The van der Waals surface area contributed by atoms with E-state index in [1.807, 2.05) is 37.4 Å². The van der Waals surface area contributed by atoms with Gasteiger partial charge in [-0.3, -0.25) is 0 Å². The van der Waals surface area contributed by atoms with E-state index in [0.29, 0.717) is 23.2 Å². The van der Waals surface area contributed by atoms with E-state index in [9.17, 15) is 0 Å². The van der Waals surface area contributed by atoms with E-state index in [1.165, 1.54) is 10.8 Å². The van der Waals surface area contributed by atoms with Crippen molar-refractivity contribution in [1.82, 2.24) is 25.5 Å². The highest BCUT2D eigenvalue weighted by molar-refractivity contribution is 7.99. The molecule has 6 nitrogen and oxygen atoms in total. The van der Waals surface area contributed by atoms with E-state index in [4.69, 9.17) is 27.9 Å². The molecule has 0 bridgehead atoms. The predicted octanol–water partition coefficient (Wildman–Crippen LogP) is 5.55. The largest absolute Gasteiger partial charge is 0.488 e. The topological polar surface area (TPSA) is 64.9 Å². The van der Waals surface area contributed by atoms with Crippen LogP contribution in [0.2, 0.25) is 10.0 Å². The number of nitrogens with zero attached hydrogens (tertiary/aromatic N) is 4. The first-order valence-corrected chi connectivity index (χ1v) is 11.5. The van der Waals surface area contributed by atoms with Gasteiger partial charge in [0, 0.05) is 47.1 Å². The molecule has 0 unspecified atom stereocenters. The van der Waals surface area contributed by atoms with Crippen LogP contribution in [0.4, 0.5) is 0 Å². The van der Waals surface area contributed by atoms with E-state index >= 15 is 0 Å². The molecule has 0 radical (unpaired) electrons. The molecule has 0 atom stereocenters. The van der Waals surface area contributed by atoms with Crippen LogP contribution in [-0.2, 0) is 20.2 Å². The molecule has 32 heavy (non-hydrogen) atoms. The van der Waals surface area contributed by atoms with Crippen molar-refractivity contribution in [3.63, 3.8) is 0 Å². The van der Waals surface area contributed by atoms with Crippen molar-refractivity contribution in [2.45, 2.75) is 18.3 Å². The Balaban J connectivity index is 0.00000289. The Hall–Kier alpha value is -2.03. The zero-order valence-corrected chi connectivity index (χ0v) is 20.4. The number of rotatable bonds is 9. The number of hydrogen-bond acceptors (Lipinski definition) is 6. The highest BCUT2D eigenvalue weighted by Crippen LogP contribution is 2.30. The monoisotopic (exact) mass is 509 g/mol. The highest BCUT2D eigenvalue weighted by Gasteiger charge is 2.11. The molecule has 3 aromatic carbocycles. The smallest absolute Gasteiger partial charge is 0.209 e. The molecule has 0 spiro atoms. The highest BCUT2D eigenvalue weighted by atomic mass is 35.5. The van der Waals surface area contributed by atoms with Gasteiger partial charge in [0.25, 0.3) is 0 Å². The number of aryl methyl sites for hydroxylation is 1. The summed E-state index contributed by atoms with van der Waals surface area (Å²) in [6.45, 7) is 1.86. The van der Waals surface area contributed by atoms with Gasteiger partial charge in [-0.05, 0) is 39.4 Å². The Kier molecular flexibility index (Phi) is 9.02. The van der Waals surface area contributed by atoms with Crippen LogP contribution in [-0.4, -0.2) is 32.5 Å². The summed E-state index contributed by atoms with van der Waals surface area (Å²) in [5, 5.41) is 19.4. The van der Waals surface area contributed by atoms with Crippen LogP contribution in [0.1, 0.15) is 11.1 Å². The third-order valence-corrected chi connectivity index (χ3v) is 6.39. The molecule has 0 saturated heterocycles. The Labute approximate surface area is 207 Å². The second-order valence-electron chi connectivity index (χ2n) is 6.90. The molecule has 0 amide bonds. The van der Waals surface area contributed by atoms with Crippen molar-refractivity contribution in [3.05, 3.63) is 75.8 Å². The number of benzene rings is 3. The van der Waals surface area contributed by atoms with Gasteiger partial charge in [-0.25, -0.2) is 4.68 Å². The molecule has 1 heterocycles. The van der Waals surface area contributed by atoms with Crippen molar-refractivity contribution in [3.8, 4) is 5.75 Å². The van der Waals surface area contributed by atoms with Gasteiger partial charge in [-0.2, -0.15) is 0 Å². The predicted molar refractivity (Wildman–Crippen MR) is 133 cm³/mol. The van der Waals surface area contributed by atoms with Crippen LogP contribution in [0.25, 0.3) is 10.8 Å². The Morgan fingerprint density at radius 1 is 1.09 bits per heavy atom. The zero-order chi connectivity index (χ0) is 21.6. The van der Waals surface area contributed by atoms with Gasteiger partial charge in [0.15, 0.2) is 0 Å². The summed E-state index contributed by atoms with van der Waals surface area (Å²) < 4.78 is 7.85. The van der Waals surface area contributed by atoms with E-state index in [2.05, 4.69) is 39.0 Å². The molecular weight excluding hydrogens is 489 g/mol. The van der Waals surface area contributed by atoms with Crippen LogP contribution in [0.15, 0.2) is 59.8 Å². The van der Waals surface area contributed by atoms with Crippen molar-refractivity contribution in [2.75, 3.05) is 12.3 Å². The third kappa shape index (κ3) is 6.05. The molecule has 4 aromatic rings. The first-order chi connectivity index (χ1) is 15.1. The van der Waals surface area contributed by atoms with Gasteiger partial charge in [-0.15, -0.1) is 17.5 Å². The van der Waals surface area contributed by atoms with Crippen LogP contribution < -0.4 is 10.1 Å². The SMILES string of the molecule is Cl.Cn1nnnc1SCCNCc1c(OCc2ccc(Cl)cc2Cl)ccc2ccccc12. The summed E-state index contributed by atoms with van der Waals surface area (Å²) in [4.78, 5) is 0. The van der Waals surface area contributed by atoms with E-state index in [1.54, 1.807) is 22.5 Å². The number of tetrazole rings is 1. The maximum atomic E-state index is 6.31. The Morgan fingerprint density at radius 3 is 2.72 bits per heavy atom. The fourth-order valence-corrected chi connectivity index (χ4v) is 4.41. The van der Waals surface area contributed by atoms with E-state index in [-0.39, 0.29) is 12.4 Å². The van der Waals surface area contributed by atoms with Crippen LogP contribution in [0.5, 0.6) is 5.75 Å². The number of thioether (sulfide) groups is 1. The number of aromatic nitrogens is 4. The fourth-order valence-electron chi connectivity index (χ4n) is 3.20. The number of hydrogen-bond donors (Lipinski definition) is 1. The first-order valence-electron chi connectivity index (χ1n) is 9.75. The quantitative estimate of drug-likeness (QED) is 0.235. The number of halogens is 3. The minimum atomic E-state index is 0. The van der Waals surface area contributed by atoms with Crippen molar-refractivity contribution in [1.29, 1.82) is 0 Å². The summed E-state index contributed by atoms with van der Waals surface area (Å²) in [6.07, 6.45) is 0. The second-order valence-corrected chi connectivity index (χ2v) is 8.80. The molecule has 0 fully saturated rings. The summed E-state index contributed by atoms with van der Waals surface area (Å²) >= 11 is 13.9. The van der Waals surface area contributed by atoms with Gasteiger partial charge >= 0.3 is 0 Å². The summed E-state index contributed by atoms with van der Waals surface area (Å²) in [5.74, 6) is 1.69. The first kappa shape index (κ1) is 24.6. The fraction of sp³-hybridized carbons (Fsp3) is 0.227. The minimum absolute atomic E-state index is 0. The summed E-state index contributed by atoms with van der Waals surface area (Å²) in [7, 11) is 1.84. The molecule has 1 N–H and O–H groups in total. The van der Waals surface area contributed by atoms with Crippen LogP contribution in [0, 0.1) is 0 Å². The number of fused-ring (bicyclic) bond motifs is 1. The minimum Gasteiger partial charge on any atom is -0.488 e. The lowest BCUT2D eigenvalue weighted by Gasteiger charge is -2.16. The second kappa shape index (κ2) is 11.7. The molecular formula is C22H22Cl3N5OS. The number of nitrogens with one attached hydrogen (secondary N) is 1. The molecule has 10 heteroatoms. The molecule has 0 aliphatic rings. The average Bonchev–Trinajstić information content (AvgIpc) is 3.18. The molecule has 1 aromatic heterocycles. The lowest BCUT2D eigenvalue weighted by Crippen LogP contribution is -2.17. The van der Waals surface area contributed by atoms with E-state index in [0.717, 1.165) is 34.3 Å².